The highest BCUT2D eigenvalue weighted by Gasteiger charge is 2.25. The number of para-hydroxylation sites is 2. The lowest BCUT2D eigenvalue weighted by Crippen LogP contribution is -2.15. The number of carbonyl (C=O) groups is 1. The normalized spacial score (nSPS) is 12.9. The van der Waals surface area contributed by atoms with Gasteiger partial charge in [0.05, 0.1) is 17.1 Å². The molecular formula is C20H21F2N3O. The summed E-state index contributed by atoms with van der Waals surface area (Å²) in [7, 11) is 0. The number of aromatic amines is 1. The van der Waals surface area contributed by atoms with Crippen LogP contribution in [0.3, 0.4) is 0 Å². The number of carbonyl (C=O) groups excluding carboxylic acids is 1. The Morgan fingerprint density at radius 1 is 1.23 bits per heavy atom. The molecule has 1 atom stereocenters. The van der Waals surface area contributed by atoms with Crippen molar-refractivity contribution in [2.45, 2.75) is 38.7 Å². The Kier molecular flexibility index (Phi) is 5.02. The second-order valence-corrected chi connectivity index (χ2v) is 6.55. The van der Waals surface area contributed by atoms with Crippen molar-refractivity contribution in [2.24, 2.45) is 0 Å². The monoisotopic (exact) mass is 357 g/mol. The number of nitrogens with one attached hydrogen (secondary N) is 2. The second-order valence-electron chi connectivity index (χ2n) is 6.55. The Morgan fingerprint density at radius 3 is 2.69 bits per heavy atom. The van der Waals surface area contributed by atoms with Gasteiger partial charge in [0.15, 0.2) is 0 Å². The largest absolute Gasteiger partial charge is 0.349 e. The van der Waals surface area contributed by atoms with E-state index in [2.05, 4.69) is 15.3 Å². The number of anilines is 1. The molecule has 0 bridgehead atoms. The molecule has 2 aromatic carbocycles. The summed E-state index contributed by atoms with van der Waals surface area (Å²) in [5.41, 5.74) is 2.35. The minimum Gasteiger partial charge on any atom is -0.349 e. The van der Waals surface area contributed by atoms with E-state index in [1.54, 1.807) is 12.1 Å². The molecule has 0 spiro atoms. The number of rotatable bonds is 7. The zero-order chi connectivity index (χ0) is 18.7. The van der Waals surface area contributed by atoms with E-state index in [4.69, 9.17) is 0 Å². The van der Waals surface area contributed by atoms with Crippen LogP contribution in [0.25, 0.3) is 11.0 Å². The van der Waals surface area contributed by atoms with Crippen molar-refractivity contribution in [3.05, 3.63) is 59.7 Å². The Morgan fingerprint density at radius 2 is 2.00 bits per heavy atom. The van der Waals surface area contributed by atoms with Crippen LogP contribution >= 0.6 is 0 Å². The van der Waals surface area contributed by atoms with Gasteiger partial charge in [0.25, 0.3) is 5.92 Å². The minimum atomic E-state index is -2.92. The fraction of sp³-hybridized carbons (Fsp3) is 0.300. The van der Waals surface area contributed by atoms with Gasteiger partial charge >= 0.3 is 0 Å². The summed E-state index contributed by atoms with van der Waals surface area (Å²) in [4.78, 5) is 19.1. The fourth-order valence-corrected chi connectivity index (χ4v) is 2.88. The van der Waals surface area contributed by atoms with Crippen molar-refractivity contribution in [1.82, 2.24) is 9.97 Å². The summed E-state index contributed by atoms with van der Waals surface area (Å²) in [6.45, 7) is 2.40. The van der Waals surface area contributed by atoms with Crippen molar-refractivity contribution in [3.63, 3.8) is 0 Å². The van der Waals surface area contributed by atoms with E-state index in [0.717, 1.165) is 18.0 Å². The molecule has 0 fully saturated rings. The van der Waals surface area contributed by atoms with Crippen LogP contribution in [-0.2, 0) is 10.7 Å². The van der Waals surface area contributed by atoms with E-state index in [9.17, 15) is 13.6 Å². The first-order valence-electron chi connectivity index (χ1n) is 8.52. The summed E-state index contributed by atoms with van der Waals surface area (Å²) in [5.74, 6) is -2.31. The van der Waals surface area contributed by atoms with Crippen LogP contribution in [0, 0.1) is 0 Å². The van der Waals surface area contributed by atoms with Crippen LogP contribution in [0.1, 0.15) is 43.9 Å². The predicted molar refractivity (Wildman–Crippen MR) is 98.4 cm³/mol. The lowest BCUT2D eigenvalue weighted by atomic mass is 9.97. The van der Waals surface area contributed by atoms with Crippen LogP contribution in [0.4, 0.5) is 14.7 Å². The molecule has 0 radical (unpaired) electrons. The van der Waals surface area contributed by atoms with Gasteiger partial charge in [-0.15, -0.1) is 0 Å². The number of benzene rings is 2. The number of hydrogen-bond donors (Lipinski definition) is 2. The SMILES string of the molecule is CC(=O)CCC(Nc1nc2ccccc2[nH]1)c1cccc(C(C)(F)F)c1. The molecule has 3 aromatic rings. The van der Waals surface area contributed by atoms with Crippen molar-refractivity contribution in [2.75, 3.05) is 5.32 Å². The molecule has 1 unspecified atom stereocenters. The summed E-state index contributed by atoms with van der Waals surface area (Å²) < 4.78 is 27.4. The third-order valence-electron chi connectivity index (χ3n) is 4.28. The number of imidazole rings is 1. The summed E-state index contributed by atoms with van der Waals surface area (Å²) in [6, 6.07) is 13.6. The number of ketones is 1. The zero-order valence-corrected chi connectivity index (χ0v) is 14.7. The van der Waals surface area contributed by atoms with E-state index < -0.39 is 5.92 Å². The maximum absolute atomic E-state index is 13.7. The number of aromatic nitrogens is 2. The average Bonchev–Trinajstić information content (AvgIpc) is 3.00. The van der Waals surface area contributed by atoms with Crippen molar-refractivity contribution in [1.29, 1.82) is 0 Å². The van der Waals surface area contributed by atoms with Gasteiger partial charge in [-0.1, -0.05) is 30.3 Å². The zero-order valence-electron chi connectivity index (χ0n) is 14.7. The highest BCUT2D eigenvalue weighted by molar-refractivity contribution is 5.77. The molecule has 0 saturated heterocycles. The molecule has 2 N–H and O–H groups in total. The lowest BCUT2D eigenvalue weighted by Gasteiger charge is -2.20. The summed E-state index contributed by atoms with van der Waals surface area (Å²) >= 11 is 0. The Balaban J connectivity index is 1.90. The van der Waals surface area contributed by atoms with E-state index in [1.807, 2.05) is 24.3 Å². The minimum absolute atomic E-state index is 0.0470. The highest BCUT2D eigenvalue weighted by atomic mass is 19.3. The maximum atomic E-state index is 13.7. The van der Waals surface area contributed by atoms with Gasteiger partial charge in [0, 0.05) is 18.9 Å². The number of fused-ring (bicyclic) bond motifs is 1. The number of Topliss-reactive ketones (excluding diaryl/α,β-unsaturated/α-hetero) is 1. The molecule has 6 heteroatoms. The molecule has 1 aromatic heterocycles. The molecule has 0 aliphatic heterocycles. The molecule has 0 saturated carbocycles. The number of hydrogen-bond acceptors (Lipinski definition) is 3. The van der Waals surface area contributed by atoms with E-state index >= 15 is 0 Å². The lowest BCUT2D eigenvalue weighted by molar-refractivity contribution is -0.117. The van der Waals surface area contributed by atoms with Gasteiger partial charge in [-0.3, -0.25) is 0 Å². The first-order chi connectivity index (χ1) is 12.3. The van der Waals surface area contributed by atoms with Gasteiger partial charge in [-0.25, -0.2) is 13.8 Å². The molecular weight excluding hydrogens is 336 g/mol. The molecule has 3 rings (SSSR count). The van der Waals surface area contributed by atoms with Crippen molar-refractivity contribution < 1.29 is 13.6 Å². The van der Waals surface area contributed by atoms with Gasteiger partial charge < -0.3 is 15.1 Å². The third-order valence-corrected chi connectivity index (χ3v) is 4.28. The van der Waals surface area contributed by atoms with Crippen LogP contribution in [0.2, 0.25) is 0 Å². The first kappa shape index (κ1) is 18.0. The quantitative estimate of drug-likeness (QED) is 0.611. The third kappa shape index (κ3) is 4.25. The summed E-state index contributed by atoms with van der Waals surface area (Å²) in [5, 5.41) is 3.25. The van der Waals surface area contributed by atoms with Crippen LogP contribution in [-0.4, -0.2) is 15.8 Å². The second kappa shape index (κ2) is 7.23. The number of H-pyrrole nitrogens is 1. The topological polar surface area (TPSA) is 57.8 Å². The Hall–Kier alpha value is -2.76. The Labute approximate surface area is 150 Å². The van der Waals surface area contributed by atoms with Crippen LogP contribution < -0.4 is 5.32 Å². The van der Waals surface area contributed by atoms with Gasteiger partial charge in [-0.05, 0) is 37.1 Å². The molecule has 136 valence electrons. The van der Waals surface area contributed by atoms with Gasteiger partial charge in [-0.2, -0.15) is 0 Å². The van der Waals surface area contributed by atoms with E-state index in [-0.39, 0.29) is 17.4 Å². The highest BCUT2D eigenvalue weighted by Crippen LogP contribution is 2.31. The number of nitrogens with zero attached hydrogens (tertiary/aromatic N) is 1. The fourth-order valence-electron chi connectivity index (χ4n) is 2.88. The number of halogens is 2. The van der Waals surface area contributed by atoms with Gasteiger partial charge in [0.1, 0.15) is 5.78 Å². The summed E-state index contributed by atoms with van der Waals surface area (Å²) in [6.07, 6.45) is 0.843. The maximum Gasteiger partial charge on any atom is 0.270 e. The number of alkyl halides is 2. The molecule has 0 aliphatic carbocycles. The molecule has 0 amide bonds. The Bertz CT molecular complexity index is 882. The molecule has 1 heterocycles. The molecule has 0 aliphatic rings. The van der Waals surface area contributed by atoms with E-state index in [1.165, 1.54) is 19.1 Å². The van der Waals surface area contributed by atoms with Crippen molar-refractivity contribution in [3.8, 4) is 0 Å². The average molecular weight is 357 g/mol. The molecule has 26 heavy (non-hydrogen) atoms. The van der Waals surface area contributed by atoms with E-state index in [0.29, 0.717) is 24.4 Å². The first-order valence-corrected chi connectivity index (χ1v) is 8.52. The van der Waals surface area contributed by atoms with Gasteiger partial charge in [0.2, 0.25) is 5.95 Å². The molecule has 4 nitrogen and oxygen atoms in total. The standard InChI is InChI=1S/C20H21F2N3O/c1-13(26)10-11-16(14-6-5-7-15(12-14)20(2,21)22)23-19-24-17-8-3-4-9-18(17)25-19/h3-9,12,16H,10-11H2,1-2H3,(H2,23,24,25). The predicted octanol–water partition coefficient (Wildman–Crippen LogP) is 5.20. The smallest absolute Gasteiger partial charge is 0.270 e. The van der Waals surface area contributed by atoms with Crippen molar-refractivity contribution >= 4 is 22.8 Å². The van der Waals surface area contributed by atoms with Crippen LogP contribution in [0.5, 0.6) is 0 Å². The van der Waals surface area contributed by atoms with Crippen LogP contribution in [0.15, 0.2) is 48.5 Å².